The van der Waals surface area contributed by atoms with Crippen LogP contribution in [-0.4, -0.2) is 41.7 Å². The van der Waals surface area contributed by atoms with Crippen LogP contribution in [0.1, 0.15) is 25.7 Å². The monoisotopic (exact) mass is 441 g/mol. The number of aromatic nitrogens is 2. The van der Waals surface area contributed by atoms with Crippen LogP contribution in [0.4, 0.5) is 5.82 Å². The van der Waals surface area contributed by atoms with E-state index in [0.717, 1.165) is 41.5 Å². The molecule has 1 saturated heterocycles. The standard InChI is InChI=1S/C18H24IN3O2/c1-23-16-10-14-15(11-17(16)24-2)20-12-21-18(14)22-8-5-13(6-9-22)4-3-7-19/h10-13H,3-9H2,1-2H3. The van der Waals surface area contributed by atoms with Crippen molar-refractivity contribution in [2.75, 3.05) is 36.6 Å². The fraction of sp³-hybridized carbons (Fsp3) is 0.556. The van der Waals surface area contributed by atoms with Crippen molar-refractivity contribution in [1.29, 1.82) is 0 Å². The summed E-state index contributed by atoms with van der Waals surface area (Å²) in [6, 6.07) is 3.91. The normalized spacial score (nSPS) is 15.7. The van der Waals surface area contributed by atoms with Crippen molar-refractivity contribution in [3.05, 3.63) is 18.5 Å². The van der Waals surface area contributed by atoms with Crippen LogP contribution in [0.3, 0.4) is 0 Å². The molecule has 0 spiro atoms. The van der Waals surface area contributed by atoms with E-state index in [9.17, 15) is 0 Å². The molecule has 0 bridgehead atoms. The van der Waals surface area contributed by atoms with E-state index in [1.165, 1.54) is 30.1 Å². The van der Waals surface area contributed by atoms with Crippen molar-refractivity contribution in [3.8, 4) is 11.5 Å². The van der Waals surface area contributed by atoms with Crippen molar-refractivity contribution >= 4 is 39.3 Å². The Kier molecular flexibility index (Phi) is 5.97. The maximum atomic E-state index is 5.45. The maximum Gasteiger partial charge on any atom is 0.162 e. The van der Waals surface area contributed by atoms with Crippen LogP contribution in [0, 0.1) is 5.92 Å². The van der Waals surface area contributed by atoms with E-state index in [0.29, 0.717) is 5.75 Å². The van der Waals surface area contributed by atoms with Crippen LogP contribution in [0.5, 0.6) is 11.5 Å². The Morgan fingerprint density at radius 3 is 2.50 bits per heavy atom. The van der Waals surface area contributed by atoms with Gasteiger partial charge in [0.05, 0.1) is 19.7 Å². The highest BCUT2D eigenvalue weighted by atomic mass is 127. The van der Waals surface area contributed by atoms with Gasteiger partial charge >= 0.3 is 0 Å². The minimum atomic E-state index is 0.701. The van der Waals surface area contributed by atoms with Crippen molar-refractivity contribution in [1.82, 2.24) is 9.97 Å². The number of alkyl halides is 1. The average molecular weight is 441 g/mol. The molecule has 0 saturated carbocycles. The Hall–Kier alpha value is -1.31. The number of piperidine rings is 1. The van der Waals surface area contributed by atoms with E-state index >= 15 is 0 Å². The van der Waals surface area contributed by atoms with Gasteiger partial charge in [-0.3, -0.25) is 0 Å². The lowest BCUT2D eigenvalue weighted by Crippen LogP contribution is -2.34. The summed E-state index contributed by atoms with van der Waals surface area (Å²) in [7, 11) is 3.30. The smallest absolute Gasteiger partial charge is 0.162 e. The minimum absolute atomic E-state index is 0.701. The lowest BCUT2D eigenvalue weighted by Gasteiger charge is -2.33. The Bertz CT molecular complexity index is 687. The van der Waals surface area contributed by atoms with Crippen molar-refractivity contribution < 1.29 is 9.47 Å². The second-order valence-corrected chi connectivity index (χ2v) is 7.26. The first-order chi connectivity index (χ1) is 11.8. The first kappa shape index (κ1) is 17.5. The van der Waals surface area contributed by atoms with Crippen molar-refractivity contribution in [2.45, 2.75) is 25.7 Å². The quantitative estimate of drug-likeness (QED) is 0.500. The highest BCUT2D eigenvalue weighted by Crippen LogP contribution is 2.36. The molecular formula is C18H24IN3O2. The minimum Gasteiger partial charge on any atom is -0.493 e. The molecule has 1 aliphatic heterocycles. The molecule has 3 rings (SSSR count). The molecular weight excluding hydrogens is 417 g/mol. The third kappa shape index (κ3) is 3.68. The molecule has 2 aromatic rings. The number of methoxy groups -OCH3 is 2. The van der Waals surface area contributed by atoms with Gasteiger partial charge in [-0.25, -0.2) is 9.97 Å². The van der Waals surface area contributed by atoms with Gasteiger partial charge in [-0.05, 0) is 42.1 Å². The van der Waals surface area contributed by atoms with Gasteiger partial charge < -0.3 is 14.4 Å². The van der Waals surface area contributed by atoms with Crippen LogP contribution in [0.25, 0.3) is 10.9 Å². The predicted octanol–water partition coefficient (Wildman–Crippen LogP) is 4.08. The summed E-state index contributed by atoms with van der Waals surface area (Å²) in [5.74, 6) is 3.29. The van der Waals surface area contributed by atoms with Gasteiger partial charge in [0.2, 0.25) is 0 Å². The first-order valence-electron chi connectivity index (χ1n) is 8.44. The Morgan fingerprint density at radius 1 is 1.12 bits per heavy atom. The van der Waals surface area contributed by atoms with E-state index < -0.39 is 0 Å². The van der Waals surface area contributed by atoms with Crippen LogP contribution >= 0.6 is 22.6 Å². The number of hydrogen-bond donors (Lipinski definition) is 0. The van der Waals surface area contributed by atoms with Gasteiger partial charge in [0.25, 0.3) is 0 Å². The number of hydrogen-bond acceptors (Lipinski definition) is 5. The average Bonchev–Trinajstić information content (AvgIpc) is 2.65. The van der Waals surface area contributed by atoms with Crippen LogP contribution in [0.15, 0.2) is 18.5 Å². The third-order valence-corrected chi connectivity index (χ3v) is 5.54. The Labute approximate surface area is 156 Å². The zero-order valence-electron chi connectivity index (χ0n) is 14.3. The number of benzene rings is 1. The molecule has 0 atom stereocenters. The Morgan fingerprint density at radius 2 is 1.83 bits per heavy atom. The summed E-state index contributed by atoms with van der Waals surface area (Å²) in [6.07, 6.45) is 6.82. The Balaban J connectivity index is 1.85. The van der Waals surface area contributed by atoms with E-state index in [2.05, 4.69) is 37.5 Å². The molecule has 0 N–H and O–H groups in total. The number of fused-ring (bicyclic) bond motifs is 1. The third-order valence-electron chi connectivity index (χ3n) is 4.78. The first-order valence-corrected chi connectivity index (χ1v) is 9.97. The van der Waals surface area contributed by atoms with E-state index in [4.69, 9.17) is 9.47 Å². The van der Waals surface area contributed by atoms with Crippen LogP contribution in [0.2, 0.25) is 0 Å². The molecule has 0 amide bonds. The fourth-order valence-electron chi connectivity index (χ4n) is 3.42. The molecule has 24 heavy (non-hydrogen) atoms. The summed E-state index contributed by atoms with van der Waals surface area (Å²) < 4.78 is 12.1. The van der Waals surface area contributed by atoms with Crippen molar-refractivity contribution in [2.24, 2.45) is 5.92 Å². The zero-order valence-corrected chi connectivity index (χ0v) is 16.5. The molecule has 1 aliphatic rings. The lowest BCUT2D eigenvalue weighted by molar-refractivity contribution is 0.355. The maximum absolute atomic E-state index is 5.45. The van der Waals surface area contributed by atoms with Crippen molar-refractivity contribution in [3.63, 3.8) is 0 Å². The van der Waals surface area contributed by atoms with Gasteiger partial charge in [0.15, 0.2) is 11.5 Å². The molecule has 1 fully saturated rings. The molecule has 1 aromatic carbocycles. The predicted molar refractivity (Wildman–Crippen MR) is 106 cm³/mol. The highest BCUT2D eigenvalue weighted by molar-refractivity contribution is 14.1. The SMILES string of the molecule is COc1cc2ncnc(N3CCC(CCCI)CC3)c2cc1OC. The van der Waals surface area contributed by atoms with Crippen LogP contribution < -0.4 is 14.4 Å². The number of anilines is 1. The number of nitrogens with zero attached hydrogens (tertiary/aromatic N) is 3. The molecule has 5 nitrogen and oxygen atoms in total. The molecule has 0 aliphatic carbocycles. The largest absolute Gasteiger partial charge is 0.493 e. The summed E-state index contributed by atoms with van der Waals surface area (Å²) in [5.41, 5.74) is 0.893. The zero-order chi connectivity index (χ0) is 16.9. The molecule has 130 valence electrons. The number of halogens is 1. The van der Waals surface area contributed by atoms with Gasteiger partial charge in [-0.2, -0.15) is 0 Å². The van der Waals surface area contributed by atoms with E-state index in [-0.39, 0.29) is 0 Å². The number of ether oxygens (including phenoxy) is 2. The van der Waals surface area contributed by atoms with Gasteiger partial charge in [0, 0.05) is 24.5 Å². The molecule has 2 heterocycles. The summed E-state index contributed by atoms with van der Waals surface area (Å²) in [5, 5.41) is 1.03. The number of rotatable bonds is 6. The molecule has 6 heteroatoms. The van der Waals surface area contributed by atoms with Gasteiger partial charge in [-0.15, -0.1) is 0 Å². The second-order valence-electron chi connectivity index (χ2n) is 6.18. The molecule has 0 radical (unpaired) electrons. The van der Waals surface area contributed by atoms with Crippen LogP contribution in [-0.2, 0) is 0 Å². The molecule has 0 unspecified atom stereocenters. The summed E-state index contributed by atoms with van der Waals surface area (Å²) in [6.45, 7) is 2.12. The second kappa shape index (κ2) is 8.18. The van der Waals surface area contributed by atoms with E-state index in [1.54, 1.807) is 20.5 Å². The topological polar surface area (TPSA) is 47.5 Å². The fourth-order valence-corrected chi connectivity index (χ4v) is 3.86. The highest BCUT2D eigenvalue weighted by Gasteiger charge is 2.22. The summed E-state index contributed by atoms with van der Waals surface area (Å²) >= 11 is 2.47. The summed E-state index contributed by atoms with van der Waals surface area (Å²) in [4.78, 5) is 11.4. The molecule has 1 aromatic heterocycles. The van der Waals surface area contributed by atoms with Gasteiger partial charge in [0.1, 0.15) is 12.1 Å². The van der Waals surface area contributed by atoms with E-state index in [1.807, 2.05) is 12.1 Å². The van der Waals surface area contributed by atoms with Gasteiger partial charge in [-0.1, -0.05) is 22.6 Å². The lowest BCUT2D eigenvalue weighted by atomic mass is 9.92.